The van der Waals surface area contributed by atoms with Crippen molar-refractivity contribution >= 4 is 0 Å². The summed E-state index contributed by atoms with van der Waals surface area (Å²) in [7, 11) is 0. The van der Waals surface area contributed by atoms with E-state index in [0.29, 0.717) is 18.6 Å². The molecule has 2 atom stereocenters. The van der Waals surface area contributed by atoms with E-state index in [2.05, 4.69) is 12.2 Å². The quantitative estimate of drug-likeness (QED) is 0.757. The lowest BCUT2D eigenvalue weighted by molar-refractivity contribution is -0.00228. The average Bonchev–Trinajstić information content (AvgIpc) is 3.15. The molecule has 0 spiro atoms. The zero-order chi connectivity index (χ0) is 13.7. The lowest BCUT2D eigenvalue weighted by Gasteiger charge is -2.18. The summed E-state index contributed by atoms with van der Waals surface area (Å²) in [6.45, 7) is 6.27. The van der Waals surface area contributed by atoms with Crippen LogP contribution in [0, 0.1) is 5.41 Å². The Bertz CT molecular complexity index is 376. The van der Waals surface area contributed by atoms with E-state index in [0.717, 1.165) is 12.1 Å². The second-order valence-corrected chi connectivity index (χ2v) is 5.98. The van der Waals surface area contributed by atoms with Crippen LogP contribution in [0.1, 0.15) is 38.4 Å². The van der Waals surface area contributed by atoms with Crippen molar-refractivity contribution in [2.75, 3.05) is 19.7 Å². The van der Waals surface area contributed by atoms with E-state index in [1.807, 2.05) is 37.3 Å². The monoisotopic (exact) mass is 263 g/mol. The van der Waals surface area contributed by atoms with E-state index >= 15 is 0 Å². The highest BCUT2D eigenvalue weighted by molar-refractivity contribution is 5.16. The summed E-state index contributed by atoms with van der Waals surface area (Å²) in [6.07, 6.45) is 2.19. The average molecular weight is 263 g/mol. The summed E-state index contributed by atoms with van der Waals surface area (Å²) in [4.78, 5) is 0. The van der Waals surface area contributed by atoms with Crippen LogP contribution in [-0.2, 0) is 4.74 Å². The van der Waals surface area contributed by atoms with Gasteiger partial charge >= 0.3 is 0 Å². The number of ether oxygens (including phenoxy) is 1. The largest absolute Gasteiger partial charge is 0.389 e. The first kappa shape index (κ1) is 14.5. The van der Waals surface area contributed by atoms with Gasteiger partial charge in [-0.05, 0) is 30.7 Å². The highest BCUT2D eigenvalue weighted by atomic mass is 16.5. The first-order valence-electron chi connectivity index (χ1n) is 7.14. The van der Waals surface area contributed by atoms with Crippen molar-refractivity contribution in [3.05, 3.63) is 35.9 Å². The van der Waals surface area contributed by atoms with E-state index in [9.17, 15) is 5.11 Å². The van der Waals surface area contributed by atoms with E-state index < -0.39 is 6.10 Å². The minimum atomic E-state index is -0.437. The lowest BCUT2D eigenvalue weighted by Crippen LogP contribution is -2.33. The molecule has 1 aromatic rings. The van der Waals surface area contributed by atoms with Gasteiger partial charge in [-0.1, -0.05) is 37.3 Å². The topological polar surface area (TPSA) is 41.5 Å². The molecule has 19 heavy (non-hydrogen) atoms. The van der Waals surface area contributed by atoms with Crippen molar-refractivity contribution < 1.29 is 9.84 Å². The minimum absolute atomic E-state index is 0.0248. The SMILES string of the molecule is CC(OCC(O)CNCC1(C)CC1)c1ccccc1. The predicted octanol–water partition coefficient (Wildman–Crippen LogP) is 2.51. The molecule has 0 bridgehead atoms. The molecule has 0 saturated heterocycles. The van der Waals surface area contributed by atoms with Crippen LogP contribution in [0.3, 0.4) is 0 Å². The minimum Gasteiger partial charge on any atom is -0.389 e. The van der Waals surface area contributed by atoms with Crippen molar-refractivity contribution in [2.24, 2.45) is 5.41 Å². The van der Waals surface area contributed by atoms with E-state index in [1.54, 1.807) is 0 Å². The standard InChI is InChI=1S/C16H25NO2/c1-13(14-6-4-3-5-7-14)19-11-15(18)10-17-12-16(2)8-9-16/h3-7,13,15,17-18H,8-12H2,1-2H3. The predicted molar refractivity (Wildman–Crippen MR) is 77.0 cm³/mol. The molecular weight excluding hydrogens is 238 g/mol. The zero-order valence-electron chi connectivity index (χ0n) is 11.9. The van der Waals surface area contributed by atoms with Gasteiger partial charge in [0, 0.05) is 13.1 Å². The Kier molecular flexibility index (Phi) is 4.97. The summed E-state index contributed by atoms with van der Waals surface area (Å²) in [5.74, 6) is 0. The zero-order valence-corrected chi connectivity index (χ0v) is 11.9. The molecule has 0 aromatic heterocycles. The van der Waals surface area contributed by atoms with Gasteiger partial charge in [-0.3, -0.25) is 0 Å². The van der Waals surface area contributed by atoms with Crippen molar-refractivity contribution in [2.45, 2.75) is 38.9 Å². The Morgan fingerprint density at radius 1 is 1.32 bits per heavy atom. The second kappa shape index (κ2) is 6.51. The van der Waals surface area contributed by atoms with E-state index in [4.69, 9.17) is 4.74 Å². The Morgan fingerprint density at radius 3 is 2.63 bits per heavy atom. The number of aliphatic hydroxyl groups excluding tert-OH is 1. The van der Waals surface area contributed by atoms with Crippen LogP contribution in [0.25, 0.3) is 0 Å². The van der Waals surface area contributed by atoms with E-state index in [-0.39, 0.29) is 6.10 Å². The third-order valence-corrected chi connectivity index (χ3v) is 3.84. The molecule has 106 valence electrons. The Hall–Kier alpha value is -0.900. The van der Waals surface area contributed by atoms with Gasteiger partial charge in [-0.2, -0.15) is 0 Å². The molecule has 0 aliphatic heterocycles. The van der Waals surface area contributed by atoms with Crippen molar-refractivity contribution in [3.63, 3.8) is 0 Å². The van der Waals surface area contributed by atoms with Crippen molar-refractivity contribution in [3.8, 4) is 0 Å². The van der Waals surface area contributed by atoms with E-state index in [1.165, 1.54) is 12.8 Å². The molecule has 1 fully saturated rings. The fourth-order valence-electron chi connectivity index (χ4n) is 2.07. The van der Waals surface area contributed by atoms with Crippen LogP contribution >= 0.6 is 0 Å². The Balaban J connectivity index is 1.61. The van der Waals surface area contributed by atoms with Gasteiger partial charge in [0.2, 0.25) is 0 Å². The lowest BCUT2D eigenvalue weighted by atomic mass is 10.1. The Labute approximate surface area is 116 Å². The molecule has 3 heteroatoms. The number of aliphatic hydroxyl groups is 1. The fraction of sp³-hybridized carbons (Fsp3) is 0.625. The number of rotatable bonds is 8. The molecule has 0 amide bonds. The van der Waals surface area contributed by atoms with Gasteiger partial charge in [0.1, 0.15) is 0 Å². The summed E-state index contributed by atoms with van der Waals surface area (Å²) >= 11 is 0. The first-order chi connectivity index (χ1) is 9.09. The number of benzene rings is 1. The first-order valence-corrected chi connectivity index (χ1v) is 7.14. The van der Waals surface area contributed by atoms with Crippen molar-refractivity contribution in [1.29, 1.82) is 0 Å². The molecule has 1 aliphatic rings. The van der Waals surface area contributed by atoms with Gasteiger partial charge in [0.15, 0.2) is 0 Å². The van der Waals surface area contributed by atoms with Gasteiger partial charge in [0.25, 0.3) is 0 Å². The van der Waals surface area contributed by atoms with Crippen LogP contribution in [0.2, 0.25) is 0 Å². The number of hydrogen-bond acceptors (Lipinski definition) is 3. The molecule has 3 nitrogen and oxygen atoms in total. The number of hydrogen-bond donors (Lipinski definition) is 2. The normalized spacial score (nSPS) is 19.9. The number of nitrogens with one attached hydrogen (secondary N) is 1. The van der Waals surface area contributed by atoms with Crippen LogP contribution in [0.4, 0.5) is 0 Å². The summed E-state index contributed by atoms with van der Waals surface area (Å²) < 4.78 is 5.70. The van der Waals surface area contributed by atoms with Gasteiger partial charge in [-0.15, -0.1) is 0 Å². The molecule has 1 saturated carbocycles. The molecular formula is C16H25NO2. The van der Waals surface area contributed by atoms with Gasteiger partial charge in [-0.25, -0.2) is 0 Å². The maximum atomic E-state index is 9.87. The molecule has 0 heterocycles. The summed E-state index contributed by atoms with van der Waals surface area (Å²) in [5.41, 5.74) is 1.63. The van der Waals surface area contributed by atoms with Gasteiger partial charge in [0.05, 0.1) is 18.8 Å². The molecule has 1 aliphatic carbocycles. The van der Waals surface area contributed by atoms with Crippen molar-refractivity contribution in [1.82, 2.24) is 5.32 Å². The summed E-state index contributed by atoms with van der Waals surface area (Å²) in [6, 6.07) is 10.1. The van der Waals surface area contributed by atoms with Crippen LogP contribution in [-0.4, -0.2) is 30.9 Å². The highest BCUT2D eigenvalue weighted by Gasteiger charge is 2.36. The second-order valence-electron chi connectivity index (χ2n) is 5.98. The summed E-state index contributed by atoms with van der Waals surface area (Å²) in [5, 5.41) is 13.2. The van der Waals surface area contributed by atoms with Crippen LogP contribution < -0.4 is 5.32 Å². The third-order valence-electron chi connectivity index (χ3n) is 3.84. The molecule has 0 radical (unpaired) electrons. The third kappa shape index (κ3) is 4.94. The molecule has 1 aromatic carbocycles. The van der Waals surface area contributed by atoms with Gasteiger partial charge < -0.3 is 15.2 Å². The molecule has 2 unspecified atom stereocenters. The molecule has 2 N–H and O–H groups in total. The maximum absolute atomic E-state index is 9.87. The van der Waals surface area contributed by atoms with Crippen LogP contribution in [0.5, 0.6) is 0 Å². The van der Waals surface area contributed by atoms with Crippen LogP contribution in [0.15, 0.2) is 30.3 Å². The smallest absolute Gasteiger partial charge is 0.0897 e. The fourth-order valence-corrected chi connectivity index (χ4v) is 2.07. The Morgan fingerprint density at radius 2 is 2.00 bits per heavy atom. The maximum Gasteiger partial charge on any atom is 0.0897 e. The molecule has 2 rings (SSSR count). The highest BCUT2D eigenvalue weighted by Crippen LogP contribution is 2.43.